The number of carboxylic acid groups (broad SMARTS) is 1. The van der Waals surface area contributed by atoms with E-state index >= 15 is 0 Å². The van der Waals surface area contributed by atoms with Gasteiger partial charge in [-0.25, -0.2) is 14.8 Å². The molecule has 0 aliphatic carbocycles. The molecule has 0 bridgehead atoms. The lowest BCUT2D eigenvalue weighted by molar-refractivity contribution is 0.0690. The van der Waals surface area contributed by atoms with Crippen LogP contribution in [-0.2, 0) is 0 Å². The summed E-state index contributed by atoms with van der Waals surface area (Å²) in [6.45, 7) is 6.97. The fourth-order valence-corrected chi connectivity index (χ4v) is 2.78. The van der Waals surface area contributed by atoms with Gasteiger partial charge in [0.1, 0.15) is 5.82 Å². The first-order chi connectivity index (χ1) is 9.54. The van der Waals surface area contributed by atoms with Gasteiger partial charge in [-0.1, -0.05) is 20.8 Å². The van der Waals surface area contributed by atoms with Gasteiger partial charge in [0, 0.05) is 18.5 Å². The molecule has 0 saturated carbocycles. The van der Waals surface area contributed by atoms with E-state index in [9.17, 15) is 9.90 Å². The predicted octanol–water partition coefficient (Wildman–Crippen LogP) is 3.07. The number of hydrogen-bond donors (Lipinski definition) is 1. The van der Waals surface area contributed by atoms with Crippen LogP contribution in [0.4, 0.5) is 5.69 Å². The molecule has 5 heteroatoms. The highest BCUT2D eigenvalue weighted by molar-refractivity contribution is 5.92. The molecule has 5 nitrogen and oxygen atoms in total. The molecule has 1 aromatic heterocycles. The number of aromatic carboxylic acids is 1. The number of carboxylic acids is 1. The molecule has 1 unspecified atom stereocenters. The summed E-state index contributed by atoms with van der Waals surface area (Å²) >= 11 is 0. The molecule has 1 saturated heterocycles. The van der Waals surface area contributed by atoms with Crippen molar-refractivity contribution >= 4 is 11.7 Å². The Morgan fingerprint density at radius 2 is 2.25 bits per heavy atom. The van der Waals surface area contributed by atoms with E-state index in [4.69, 9.17) is 0 Å². The first-order valence-corrected chi connectivity index (χ1v) is 7.41. The van der Waals surface area contributed by atoms with Gasteiger partial charge in [-0.15, -0.1) is 0 Å². The van der Waals surface area contributed by atoms with Gasteiger partial charge in [-0.3, -0.25) is 0 Å². The maximum atomic E-state index is 11.5. The zero-order chi connectivity index (χ0) is 14.7. The summed E-state index contributed by atoms with van der Waals surface area (Å²) in [7, 11) is 0. The number of aromatic nitrogens is 2. The van der Waals surface area contributed by atoms with Crippen molar-refractivity contribution in [1.29, 1.82) is 0 Å². The zero-order valence-corrected chi connectivity index (χ0v) is 12.5. The molecule has 1 atom stereocenters. The Morgan fingerprint density at radius 3 is 2.85 bits per heavy atom. The van der Waals surface area contributed by atoms with Crippen LogP contribution in [0.5, 0.6) is 0 Å². The van der Waals surface area contributed by atoms with Crippen molar-refractivity contribution in [2.45, 2.75) is 58.4 Å². The standard InChI is InChI=1S/C15H23N3O2/c1-4-11-7-5-6-8-18(11)12-9-16-14(10(2)3)17-13(12)15(19)20/h9-11H,4-8H2,1-3H3,(H,19,20). The molecule has 0 spiro atoms. The monoisotopic (exact) mass is 277 g/mol. The van der Waals surface area contributed by atoms with Gasteiger partial charge in [-0.2, -0.15) is 0 Å². The van der Waals surface area contributed by atoms with Crippen LogP contribution >= 0.6 is 0 Å². The number of nitrogens with zero attached hydrogens (tertiary/aromatic N) is 3. The van der Waals surface area contributed by atoms with Crippen molar-refractivity contribution in [3.8, 4) is 0 Å². The highest BCUT2D eigenvalue weighted by Crippen LogP contribution is 2.28. The van der Waals surface area contributed by atoms with Gasteiger partial charge >= 0.3 is 5.97 Å². The largest absolute Gasteiger partial charge is 0.476 e. The Kier molecular flexibility index (Phi) is 4.57. The van der Waals surface area contributed by atoms with E-state index in [0.717, 1.165) is 25.8 Å². The Bertz CT molecular complexity index is 488. The van der Waals surface area contributed by atoms with Crippen LogP contribution in [0.1, 0.15) is 68.7 Å². The van der Waals surface area contributed by atoms with E-state index in [1.165, 1.54) is 6.42 Å². The second-order valence-electron chi connectivity index (χ2n) is 5.67. The fraction of sp³-hybridized carbons (Fsp3) is 0.667. The van der Waals surface area contributed by atoms with Crippen LogP contribution in [0, 0.1) is 0 Å². The van der Waals surface area contributed by atoms with Crippen LogP contribution in [0.15, 0.2) is 6.20 Å². The van der Waals surface area contributed by atoms with Crippen LogP contribution in [0.3, 0.4) is 0 Å². The van der Waals surface area contributed by atoms with E-state index in [1.54, 1.807) is 6.20 Å². The van der Waals surface area contributed by atoms with Crippen LogP contribution in [0.2, 0.25) is 0 Å². The van der Waals surface area contributed by atoms with E-state index in [1.807, 2.05) is 13.8 Å². The Labute approximate surface area is 120 Å². The lowest BCUT2D eigenvalue weighted by atomic mass is 9.99. The molecule has 1 aliphatic rings. The molecule has 1 N–H and O–H groups in total. The van der Waals surface area contributed by atoms with Gasteiger partial charge in [0.05, 0.1) is 11.9 Å². The number of carbonyl (C=O) groups is 1. The Morgan fingerprint density at radius 1 is 1.50 bits per heavy atom. The third-order valence-corrected chi connectivity index (χ3v) is 3.91. The van der Waals surface area contributed by atoms with E-state index < -0.39 is 5.97 Å². The minimum absolute atomic E-state index is 0.130. The topological polar surface area (TPSA) is 66.3 Å². The highest BCUT2D eigenvalue weighted by Gasteiger charge is 2.26. The normalized spacial score (nSPS) is 19.4. The SMILES string of the molecule is CCC1CCCCN1c1cnc(C(C)C)nc1C(=O)O. The summed E-state index contributed by atoms with van der Waals surface area (Å²) in [6, 6.07) is 0.398. The third-order valence-electron chi connectivity index (χ3n) is 3.91. The molecular formula is C15H23N3O2. The van der Waals surface area contributed by atoms with Crippen molar-refractivity contribution in [3.63, 3.8) is 0 Å². The van der Waals surface area contributed by atoms with E-state index in [2.05, 4.69) is 21.8 Å². The van der Waals surface area contributed by atoms with E-state index in [-0.39, 0.29) is 11.6 Å². The zero-order valence-electron chi connectivity index (χ0n) is 12.5. The van der Waals surface area contributed by atoms with Gasteiger partial charge in [0.15, 0.2) is 5.69 Å². The van der Waals surface area contributed by atoms with Crippen molar-refractivity contribution in [2.75, 3.05) is 11.4 Å². The average molecular weight is 277 g/mol. The van der Waals surface area contributed by atoms with Gasteiger partial charge < -0.3 is 10.0 Å². The highest BCUT2D eigenvalue weighted by atomic mass is 16.4. The minimum Gasteiger partial charge on any atom is -0.476 e. The number of hydrogen-bond acceptors (Lipinski definition) is 4. The maximum Gasteiger partial charge on any atom is 0.356 e. The first-order valence-electron chi connectivity index (χ1n) is 7.41. The van der Waals surface area contributed by atoms with Crippen molar-refractivity contribution < 1.29 is 9.90 Å². The van der Waals surface area contributed by atoms with Crippen molar-refractivity contribution in [3.05, 3.63) is 17.7 Å². The molecule has 0 radical (unpaired) electrons. The second-order valence-corrected chi connectivity index (χ2v) is 5.67. The second kappa shape index (κ2) is 6.20. The molecule has 1 fully saturated rings. The summed E-state index contributed by atoms with van der Waals surface area (Å²) in [5.41, 5.74) is 0.817. The fourth-order valence-electron chi connectivity index (χ4n) is 2.78. The summed E-state index contributed by atoms with van der Waals surface area (Å²) in [4.78, 5) is 22.3. The van der Waals surface area contributed by atoms with Crippen molar-refractivity contribution in [2.24, 2.45) is 0 Å². The van der Waals surface area contributed by atoms with Crippen LogP contribution in [-0.4, -0.2) is 33.6 Å². The molecule has 1 aromatic rings. The molecule has 0 amide bonds. The smallest absolute Gasteiger partial charge is 0.356 e. The average Bonchev–Trinajstić information content (AvgIpc) is 2.46. The molecule has 1 aliphatic heterocycles. The lowest BCUT2D eigenvalue weighted by Crippen LogP contribution is -2.40. The Hall–Kier alpha value is -1.65. The summed E-state index contributed by atoms with van der Waals surface area (Å²) in [5, 5.41) is 9.44. The summed E-state index contributed by atoms with van der Waals surface area (Å²) < 4.78 is 0. The summed E-state index contributed by atoms with van der Waals surface area (Å²) in [6.07, 6.45) is 6.14. The molecule has 2 heterocycles. The van der Waals surface area contributed by atoms with Gasteiger partial charge in [0.25, 0.3) is 0 Å². The number of piperidine rings is 1. The molecule has 2 rings (SSSR count). The van der Waals surface area contributed by atoms with Crippen LogP contribution < -0.4 is 4.90 Å². The number of anilines is 1. The molecule has 110 valence electrons. The third kappa shape index (κ3) is 2.92. The number of rotatable bonds is 4. The van der Waals surface area contributed by atoms with Crippen molar-refractivity contribution in [1.82, 2.24) is 9.97 Å². The lowest BCUT2D eigenvalue weighted by Gasteiger charge is -2.37. The summed E-state index contributed by atoms with van der Waals surface area (Å²) in [5.74, 6) is -0.244. The quantitative estimate of drug-likeness (QED) is 0.916. The van der Waals surface area contributed by atoms with Crippen LogP contribution in [0.25, 0.3) is 0 Å². The molecule has 20 heavy (non-hydrogen) atoms. The maximum absolute atomic E-state index is 11.5. The predicted molar refractivity (Wildman–Crippen MR) is 78.4 cm³/mol. The Balaban J connectivity index is 2.41. The van der Waals surface area contributed by atoms with E-state index in [0.29, 0.717) is 17.6 Å². The van der Waals surface area contributed by atoms with Gasteiger partial charge in [0.2, 0.25) is 0 Å². The molecular weight excluding hydrogens is 254 g/mol. The first kappa shape index (κ1) is 14.8. The van der Waals surface area contributed by atoms with Gasteiger partial charge in [-0.05, 0) is 25.7 Å². The molecule has 0 aromatic carbocycles. The minimum atomic E-state index is -0.968.